The van der Waals surface area contributed by atoms with Crippen molar-refractivity contribution in [2.45, 2.75) is 39.2 Å². The Bertz CT molecular complexity index is 334. The van der Waals surface area contributed by atoms with Crippen LogP contribution in [0, 0.1) is 6.92 Å². The summed E-state index contributed by atoms with van der Waals surface area (Å²) in [6.45, 7) is 4.61. The van der Waals surface area contributed by atoms with Gasteiger partial charge in [0.2, 0.25) is 0 Å². The van der Waals surface area contributed by atoms with E-state index in [1.807, 2.05) is 25.1 Å². The standard InChI is InChI=1S/C14H22O3/c1-11-6-7-13(12(2)16)14(10-11)17-9-5-3-4-8-15/h6-7,10,12,15-16H,3-5,8-9H2,1-2H3/t12-/m1/s1. The summed E-state index contributed by atoms with van der Waals surface area (Å²) in [5.41, 5.74) is 1.96. The lowest BCUT2D eigenvalue weighted by atomic mass is 10.1. The van der Waals surface area contributed by atoms with Crippen molar-refractivity contribution in [3.63, 3.8) is 0 Å². The van der Waals surface area contributed by atoms with Crippen molar-refractivity contribution in [1.29, 1.82) is 0 Å². The van der Waals surface area contributed by atoms with E-state index < -0.39 is 6.10 Å². The van der Waals surface area contributed by atoms with Crippen molar-refractivity contribution in [3.05, 3.63) is 29.3 Å². The average Bonchev–Trinajstić information content (AvgIpc) is 2.28. The summed E-state index contributed by atoms with van der Waals surface area (Å²) in [6, 6.07) is 5.83. The Morgan fingerprint density at radius 1 is 1.24 bits per heavy atom. The fourth-order valence-corrected chi connectivity index (χ4v) is 1.68. The van der Waals surface area contributed by atoms with Crippen LogP contribution in [0.25, 0.3) is 0 Å². The van der Waals surface area contributed by atoms with E-state index in [0.29, 0.717) is 6.61 Å². The number of hydrogen-bond acceptors (Lipinski definition) is 3. The summed E-state index contributed by atoms with van der Waals surface area (Å²) >= 11 is 0. The summed E-state index contributed by atoms with van der Waals surface area (Å²) in [5, 5.41) is 18.3. The Labute approximate surface area is 103 Å². The second-order valence-corrected chi connectivity index (χ2v) is 4.35. The van der Waals surface area contributed by atoms with Gasteiger partial charge in [-0.15, -0.1) is 0 Å². The third kappa shape index (κ3) is 4.75. The predicted octanol–water partition coefficient (Wildman–Crippen LogP) is 2.59. The van der Waals surface area contributed by atoms with Crippen molar-refractivity contribution in [1.82, 2.24) is 0 Å². The molecule has 0 aliphatic heterocycles. The minimum Gasteiger partial charge on any atom is -0.493 e. The minimum absolute atomic E-state index is 0.239. The van der Waals surface area contributed by atoms with E-state index in [-0.39, 0.29) is 6.61 Å². The molecule has 0 fully saturated rings. The van der Waals surface area contributed by atoms with E-state index in [9.17, 15) is 5.11 Å². The molecule has 0 unspecified atom stereocenters. The van der Waals surface area contributed by atoms with Gasteiger partial charge in [-0.25, -0.2) is 0 Å². The van der Waals surface area contributed by atoms with Crippen LogP contribution in [0.15, 0.2) is 18.2 Å². The van der Waals surface area contributed by atoms with Crippen molar-refractivity contribution in [2.75, 3.05) is 13.2 Å². The Morgan fingerprint density at radius 2 is 2.00 bits per heavy atom. The van der Waals surface area contributed by atoms with Gasteiger partial charge >= 0.3 is 0 Å². The van der Waals surface area contributed by atoms with Gasteiger partial charge in [-0.05, 0) is 44.7 Å². The largest absolute Gasteiger partial charge is 0.493 e. The Morgan fingerprint density at radius 3 is 2.65 bits per heavy atom. The first-order valence-electron chi connectivity index (χ1n) is 6.17. The van der Waals surface area contributed by atoms with E-state index in [2.05, 4.69) is 0 Å². The number of aliphatic hydroxyl groups is 2. The van der Waals surface area contributed by atoms with E-state index in [1.165, 1.54) is 0 Å². The van der Waals surface area contributed by atoms with Gasteiger partial charge in [-0.2, -0.15) is 0 Å². The van der Waals surface area contributed by atoms with E-state index in [4.69, 9.17) is 9.84 Å². The number of unbranched alkanes of at least 4 members (excludes halogenated alkanes) is 2. The molecule has 0 saturated heterocycles. The number of hydrogen-bond donors (Lipinski definition) is 2. The zero-order valence-electron chi connectivity index (χ0n) is 10.6. The topological polar surface area (TPSA) is 49.7 Å². The second-order valence-electron chi connectivity index (χ2n) is 4.35. The highest BCUT2D eigenvalue weighted by molar-refractivity contribution is 5.38. The Balaban J connectivity index is 2.53. The van der Waals surface area contributed by atoms with Crippen molar-refractivity contribution in [2.24, 2.45) is 0 Å². The van der Waals surface area contributed by atoms with E-state index >= 15 is 0 Å². The SMILES string of the molecule is Cc1ccc([C@@H](C)O)c(OCCCCCO)c1. The maximum absolute atomic E-state index is 9.62. The van der Waals surface area contributed by atoms with Crippen LogP contribution in [0.5, 0.6) is 5.75 Å². The molecular weight excluding hydrogens is 216 g/mol. The van der Waals surface area contributed by atoms with Gasteiger partial charge in [0.15, 0.2) is 0 Å². The van der Waals surface area contributed by atoms with Crippen molar-refractivity contribution >= 4 is 0 Å². The smallest absolute Gasteiger partial charge is 0.125 e. The summed E-state index contributed by atoms with van der Waals surface area (Å²) < 4.78 is 5.68. The van der Waals surface area contributed by atoms with Gasteiger partial charge < -0.3 is 14.9 Å². The molecule has 1 aromatic carbocycles. The molecular formula is C14H22O3. The van der Waals surface area contributed by atoms with Crippen molar-refractivity contribution in [3.8, 4) is 5.75 Å². The molecule has 3 heteroatoms. The van der Waals surface area contributed by atoms with Crippen molar-refractivity contribution < 1.29 is 14.9 Å². The highest BCUT2D eigenvalue weighted by atomic mass is 16.5. The van der Waals surface area contributed by atoms with Gasteiger partial charge in [-0.1, -0.05) is 12.1 Å². The van der Waals surface area contributed by atoms with Gasteiger partial charge in [0.25, 0.3) is 0 Å². The molecule has 1 aromatic rings. The van der Waals surface area contributed by atoms with E-state index in [1.54, 1.807) is 6.92 Å². The highest BCUT2D eigenvalue weighted by Gasteiger charge is 2.08. The van der Waals surface area contributed by atoms with Crippen LogP contribution in [-0.4, -0.2) is 23.4 Å². The second kappa shape index (κ2) is 7.30. The van der Waals surface area contributed by atoms with Gasteiger partial charge in [0, 0.05) is 12.2 Å². The Hall–Kier alpha value is -1.06. The molecule has 0 aliphatic carbocycles. The highest BCUT2D eigenvalue weighted by Crippen LogP contribution is 2.26. The predicted molar refractivity (Wildman–Crippen MR) is 68.2 cm³/mol. The van der Waals surface area contributed by atoms with Gasteiger partial charge in [-0.3, -0.25) is 0 Å². The molecule has 3 nitrogen and oxygen atoms in total. The summed E-state index contributed by atoms with van der Waals surface area (Å²) in [7, 11) is 0. The molecule has 17 heavy (non-hydrogen) atoms. The molecule has 0 saturated carbocycles. The van der Waals surface area contributed by atoms with Crippen LogP contribution in [0.3, 0.4) is 0 Å². The van der Waals surface area contributed by atoms with Crippen LogP contribution < -0.4 is 4.74 Å². The molecule has 0 amide bonds. The fourth-order valence-electron chi connectivity index (χ4n) is 1.68. The lowest BCUT2D eigenvalue weighted by Gasteiger charge is -2.14. The first kappa shape index (κ1) is 14.0. The zero-order valence-corrected chi connectivity index (χ0v) is 10.6. The van der Waals surface area contributed by atoms with Crippen LogP contribution in [0.2, 0.25) is 0 Å². The number of aryl methyl sites for hydroxylation is 1. The molecule has 0 radical (unpaired) electrons. The fraction of sp³-hybridized carbons (Fsp3) is 0.571. The third-order valence-corrected chi connectivity index (χ3v) is 2.68. The molecule has 0 bridgehead atoms. The number of ether oxygens (including phenoxy) is 1. The maximum Gasteiger partial charge on any atom is 0.125 e. The number of aliphatic hydroxyl groups excluding tert-OH is 2. The maximum atomic E-state index is 9.62. The monoisotopic (exact) mass is 238 g/mol. The molecule has 2 N–H and O–H groups in total. The molecule has 0 heterocycles. The Kier molecular flexibility index (Phi) is 6.01. The van der Waals surface area contributed by atoms with Crippen LogP contribution in [0.4, 0.5) is 0 Å². The third-order valence-electron chi connectivity index (χ3n) is 2.68. The number of rotatable bonds is 7. The molecule has 0 aromatic heterocycles. The first-order chi connectivity index (χ1) is 8.15. The molecule has 1 rings (SSSR count). The first-order valence-corrected chi connectivity index (χ1v) is 6.17. The summed E-state index contributed by atoms with van der Waals surface area (Å²) in [5.74, 6) is 0.768. The quantitative estimate of drug-likeness (QED) is 0.718. The van der Waals surface area contributed by atoms with Crippen LogP contribution >= 0.6 is 0 Å². The van der Waals surface area contributed by atoms with Gasteiger partial charge in [0.05, 0.1) is 12.7 Å². The average molecular weight is 238 g/mol. The lowest BCUT2D eigenvalue weighted by molar-refractivity contribution is 0.190. The zero-order chi connectivity index (χ0) is 12.7. The summed E-state index contributed by atoms with van der Waals surface area (Å²) in [4.78, 5) is 0. The molecule has 96 valence electrons. The number of benzene rings is 1. The van der Waals surface area contributed by atoms with E-state index in [0.717, 1.165) is 36.1 Å². The minimum atomic E-state index is -0.511. The van der Waals surface area contributed by atoms with Gasteiger partial charge in [0.1, 0.15) is 5.75 Å². The normalized spacial score (nSPS) is 12.5. The lowest BCUT2D eigenvalue weighted by Crippen LogP contribution is -2.03. The van der Waals surface area contributed by atoms with Crippen LogP contribution in [0.1, 0.15) is 43.4 Å². The van der Waals surface area contributed by atoms with Crippen LogP contribution in [-0.2, 0) is 0 Å². The summed E-state index contributed by atoms with van der Waals surface area (Å²) in [6.07, 6.45) is 2.20. The molecule has 0 aliphatic rings. The molecule has 0 spiro atoms. The molecule has 1 atom stereocenters.